The number of carboxylic acid groups (broad SMARTS) is 1. The minimum atomic E-state index is -1.16. The Balaban J connectivity index is 2.32. The van der Waals surface area contributed by atoms with Gasteiger partial charge in [0.05, 0.1) is 13.2 Å². The lowest BCUT2D eigenvalue weighted by Gasteiger charge is -2.22. The molecule has 1 heterocycles. The molecule has 2 N–H and O–H groups in total. The minimum Gasteiger partial charge on any atom is -0.480 e. The fraction of sp³-hybridized carbons (Fsp3) is 0.571. The maximum atomic E-state index is 11.5. The van der Waals surface area contributed by atoms with E-state index in [9.17, 15) is 9.59 Å². The number of nitrogens with one attached hydrogen (secondary N) is 1. The van der Waals surface area contributed by atoms with Gasteiger partial charge in [0.2, 0.25) is 0 Å². The first kappa shape index (κ1) is 17.5. The van der Waals surface area contributed by atoms with Crippen LogP contribution in [0.15, 0.2) is 16.8 Å². The number of carbonyl (C=O) groups is 2. The fourth-order valence-electron chi connectivity index (χ4n) is 1.45. The number of ether oxygens (including phenoxy) is 2. The van der Waals surface area contributed by atoms with Crippen LogP contribution in [0.2, 0.25) is 0 Å². The maximum Gasteiger partial charge on any atom is 0.408 e. The molecular formula is C14H21NO5S. The SMILES string of the molecule is CC(C)(C)OC(=O)N[C@@H](COCCc1ccsc1)C(=O)O. The Labute approximate surface area is 128 Å². The Morgan fingerprint density at radius 1 is 1.43 bits per heavy atom. The highest BCUT2D eigenvalue weighted by molar-refractivity contribution is 7.07. The van der Waals surface area contributed by atoms with E-state index in [4.69, 9.17) is 14.6 Å². The third-order valence-corrected chi connectivity index (χ3v) is 3.12. The number of amides is 1. The molecule has 21 heavy (non-hydrogen) atoms. The standard InChI is InChI=1S/C14H21NO5S/c1-14(2,3)20-13(18)15-11(12(16)17)8-19-6-4-10-5-7-21-9-10/h5,7,9,11H,4,6,8H2,1-3H3,(H,15,18)(H,16,17)/t11-/m0/s1. The Kier molecular flexibility index (Phi) is 6.64. The summed E-state index contributed by atoms with van der Waals surface area (Å²) in [7, 11) is 0. The zero-order valence-electron chi connectivity index (χ0n) is 12.4. The summed E-state index contributed by atoms with van der Waals surface area (Å²) in [6.07, 6.45) is -0.0567. The van der Waals surface area contributed by atoms with E-state index >= 15 is 0 Å². The molecule has 0 aliphatic rings. The van der Waals surface area contributed by atoms with Gasteiger partial charge in [-0.25, -0.2) is 9.59 Å². The van der Waals surface area contributed by atoms with Gasteiger partial charge < -0.3 is 19.9 Å². The molecule has 6 nitrogen and oxygen atoms in total. The van der Waals surface area contributed by atoms with Crippen LogP contribution in [0.5, 0.6) is 0 Å². The summed E-state index contributed by atoms with van der Waals surface area (Å²) in [6.45, 7) is 5.42. The Morgan fingerprint density at radius 2 is 2.14 bits per heavy atom. The van der Waals surface area contributed by atoms with Crippen LogP contribution in [0.4, 0.5) is 4.79 Å². The topological polar surface area (TPSA) is 84.9 Å². The van der Waals surface area contributed by atoms with Crippen LogP contribution >= 0.6 is 11.3 Å². The molecule has 1 rings (SSSR count). The fourth-order valence-corrected chi connectivity index (χ4v) is 2.15. The second kappa shape index (κ2) is 7.99. The lowest BCUT2D eigenvalue weighted by atomic mass is 10.2. The molecule has 1 amide bonds. The van der Waals surface area contributed by atoms with Crippen molar-refractivity contribution in [1.82, 2.24) is 5.32 Å². The molecule has 1 atom stereocenters. The normalized spacial score (nSPS) is 12.7. The van der Waals surface area contributed by atoms with Gasteiger partial charge in [0.1, 0.15) is 5.60 Å². The number of hydrogen-bond donors (Lipinski definition) is 2. The second-order valence-electron chi connectivity index (χ2n) is 5.49. The van der Waals surface area contributed by atoms with E-state index in [1.807, 2.05) is 16.8 Å². The summed E-state index contributed by atoms with van der Waals surface area (Å²) < 4.78 is 10.3. The van der Waals surface area contributed by atoms with Crippen LogP contribution in [-0.4, -0.2) is 42.0 Å². The van der Waals surface area contributed by atoms with E-state index in [0.717, 1.165) is 5.56 Å². The van der Waals surface area contributed by atoms with Crippen molar-refractivity contribution in [3.63, 3.8) is 0 Å². The number of rotatable bonds is 7. The zero-order chi connectivity index (χ0) is 15.9. The van der Waals surface area contributed by atoms with Crippen LogP contribution < -0.4 is 5.32 Å². The number of carboxylic acids is 1. The molecule has 1 aromatic heterocycles. The number of thiophene rings is 1. The van der Waals surface area contributed by atoms with Crippen molar-refractivity contribution in [3.05, 3.63) is 22.4 Å². The van der Waals surface area contributed by atoms with E-state index in [0.29, 0.717) is 13.0 Å². The molecule has 0 unspecified atom stereocenters. The third kappa shape index (κ3) is 7.67. The number of alkyl carbamates (subject to hydrolysis) is 1. The highest BCUT2D eigenvalue weighted by Crippen LogP contribution is 2.08. The lowest BCUT2D eigenvalue weighted by Crippen LogP contribution is -2.46. The summed E-state index contributed by atoms with van der Waals surface area (Å²) in [5.74, 6) is -1.16. The van der Waals surface area contributed by atoms with Crippen LogP contribution in [0.25, 0.3) is 0 Å². The van der Waals surface area contributed by atoms with E-state index < -0.39 is 23.7 Å². The van der Waals surface area contributed by atoms with Crippen molar-refractivity contribution < 1.29 is 24.2 Å². The van der Waals surface area contributed by atoms with Crippen LogP contribution in [0, 0.1) is 0 Å². The third-order valence-electron chi connectivity index (χ3n) is 2.39. The molecule has 118 valence electrons. The summed E-state index contributed by atoms with van der Waals surface area (Å²) in [5, 5.41) is 15.3. The monoisotopic (exact) mass is 315 g/mol. The molecule has 0 aliphatic carbocycles. The van der Waals surface area contributed by atoms with E-state index in [1.54, 1.807) is 32.1 Å². The van der Waals surface area contributed by atoms with Crippen molar-refractivity contribution in [2.24, 2.45) is 0 Å². The molecule has 0 bridgehead atoms. The largest absolute Gasteiger partial charge is 0.480 e. The van der Waals surface area contributed by atoms with Crippen molar-refractivity contribution in [2.75, 3.05) is 13.2 Å². The van der Waals surface area contributed by atoms with Crippen molar-refractivity contribution in [3.8, 4) is 0 Å². The summed E-state index contributed by atoms with van der Waals surface area (Å²) in [4.78, 5) is 22.6. The quantitative estimate of drug-likeness (QED) is 0.754. The second-order valence-corrected chi connectivity index (χ2v) is 6.27. The molecule has 0 saturated carbocycles. The Bertz CT molecular complexity index is 452. The highest BCUT2D eigenvalue weighted by Gasteiger charge is 2.24. The Morgan fingerprint density at radius 3 is 2.67 bits per heavy atom. The molecule has 0 aliphatic heterocycles. The molecule has 0 aromatic carbocycles. The van der Waals surface area contributed by atoms with E-state index in [1.165, 1.54) is 0 Å². The molecule has 0 spiro atoms. The van der Waals surface area contributed by atoms with Gasteiger partial charge in [-0.1, -0.05) is 0 Å². The molecule has 7 heteroatoms. The van der Waals surface area contributed by atoms with Gasteiger partial charge in [-0.05, 0) is 49.6 Å². The van der Waals surface area contributed by atoms with Gasteiger partial charge in [0, 0.05) is 0 Å². The highest BCUT2D eigenvalue weighted by atomic mass is 32.1. The van der Waals surface area contributed by atoms with E-state index in [-0.39, 0.29) is 6.61 Å². The smallest absolute Gasteiger partial charge is 0.408 e. The summed E-state index contributed by atoms with van der Waals surface area (Å²) in [6, 6.07) is 0.865. The van der Waals surface area contributed by atoms with Gasteiger partial charge in [0.25, 0.3) is 0 Å². The van der Waals surface area contributed by atoms with Gasteiger partial charge in [-0.2, -0.15) is 11.3 Å². The predicted octanol–water partition coefficient (Wildman–Crippen LogP) is 2.29. The van der Waals surface area contributed by atoms with Gasteiger partial charge in [0.15, 0.2) is 6.04 Å². The average Bonchev–Trinajstić information content (AvgIpc) is 2.83. The average molecular weight is 315 g/mol. The minimum absolute atomic E-state index is 0.0985. The Hall–Kier alpha value is -1.60. The van der Waals surface area contributed by atoms with Gasteiger partial charge in [-0.15, -0.1) is 0 Å². The van der Waals surface area contributed by atoms with Crippen LogP contribution in [0.1, 0.15) is 26.3 Å². The first-order valence-corrected chi connectivity index (χ1v) is 7.53. The van der Waals surface area contributed by atoms with Crippen LogP contribution in [0.3, 0.4) is 0 Å². The van der Waals surface area contributed by atoms with E-state index in [2.05, 4.69) is 5.32 Å². The lowest BCUT2D eigenvalue weighted by molar-refractivity contribution is -0.141. The first-order chi connectivity index (χ1) is 9.78. The molecule has 0 fully saturated rings. The van der Waals surface area contributed by atoms with Crippen molar-refractivity contribution in [1.29, 1.82) is 0 Å². The maximum absolute atomic E-state index is 11.5. The number of aliphatic carboxylic acids is 1. The van der Waals surface area contributed by atoms with Crippen molar-refractivity contribution in [2.45, 2.75) is 38.8 Å². The molecule has 0 saturated heterocycles. The molecular weight excluding hydrogens is 294 g/mol. The van der Waals surface area contributed by atoms with Gasteiger partial charge in [-0.3, -0.25) is 0 Å². The molecule has 0 radical (unpaired) electrons. The molecule has 1 aromatic rings. The van der Waals surface area contributed by atoms with Crippen molar-refractivity contribution >= 4 is 23.4 Å². The van der Waals surface area contributed by atoms with Crippen LogP contribution in [-0.2, 0) is 20.7 Å². The predicted molar refractivity (Wildman–Crippen MR) is 79.6 cm³/mol. The summed E-state index contributed by atoms with van der Waals surface area (Å²) in [5.41, 5.74) is 0.472. The number of carbonyl (C=O) groups excluding carboxylic acids is 1. The van der Waals surface area contributed by atoms with Gasteiger partial charge >= 0.3 is 12.1 Å². The first-order valence-electron chi connectivity index (χ1n) is 6.59. The zero-order valence-corrected chi connectivity index (χ0v) is 13.2. The number of hydrogen-bond acceptors (Lipinski definition) is 5. The summed E-state index contributed by atoms with van der Waals surface area (Å²) >= 11 is 1.60.